The molecule has 10 heteroatoms. The summed E-state index contributed by atoms with van der Waals surface area (Å²) >= 11 is 0. The topological polar surface area (TPSA) is 119 Å². The molecule has 2 aromatic carbocycles. The van der Waals surface area contributed by atoms with Crippen LogP contribution in [0.1, 0.15) is 30.4 Å². The lowest BCUT2D eigenvalue weighted by Crippen LogP contribution is -2.63. The van der Waals surface area contributed by atoms with E-state index in [4.69, 9.17) is 18.9 Å². The van der Waals surface area contributed by atoms with Crippen LogP contribution in [0.25, 0.3) is 10.9 Å². The predicted octanol–water partition coefficient (Wildman–Crippen LogP) is 3.30. The molecule has 2 atom stereocenters. The number of esters is 1. The molecular weight excluding hydrogens is 502 g/mol. The van der Waals surface area contributed by atoms with E-state index in [-0.39, 0.29) is 26.0 Å². The van der Waals surface area contributed by atoms with Gasteiger partial charge in [-0.2, -0.15) is 0 Å². The van der Waals surface area contributed by atoms with Gasteiger partial charge in [0.2, 0.25) is 5.91 Å². The summed E-state index contributed by atoms with van der Waals surface area (Å²) in [5.74, 6) is -2.02. The number of aromatic nitrogens is 1. The molecule has 2 fully saturated rings. The number of ether oxygens (including phenoxy) is 4. The van der Waals surface area contributed by atoms with E-state index in [1.54, 1.807) is 0 Å². The lowest BCUT2D eigenvalue weighted by molar-refractivity contribution is -0.286. The van der Waals surface area contributed by atoms with Gasteiger partial charge in [0.05, 0.1) is 26.9 Å². The summed E-state index contributed by atoms with van der Waals surface area (Å²) in [7, 11) is 1.28. The molecule has 206 valence electrons. The number of fused-ring (bicyclic) bond motifs is 1. The van der Waals surface area contributed by atoms with Crippen LogP contribution >= 0.6 is 0 Å². The Hall–Kier alpha value is -3.89. The van der Waals surface area contributed by atoms with E-state index < -0.39 is 35.8 Å². The first-order chi connectivity index (χ1) is 19.0. The number of methoxy groups -OCH3 is 1. The zero-order valence-corrected chi connectivity index (χ0v) is 21.9. The number of para-hydroxylation sites is 1. The van der Waals surface area contributed by atoms with Crippen molar-refractivity contribution in [2.24, 2.45) is 0 Å². The van der Waals surface area contributed by atoms with Crippen LogP contribution in [0.5, 0.6) is 0 Å². The molecule has 0 radical (unpaired) electrons. The number of amides is 2. The van der Waals surface area contributed by atoms with Crippen molar-refractivity contribution < 1.29 is 33.3 Å². The number of hydrogen-bond donors (Lipinski definition) is 2. The van der Waals surface area contributed by atoms with Crippen molar-refractivity contribution in [1.29, 1.82) is 0 Å². The monoisotopic (exact) mass is 535 g/mol. The minimum Gasteiger partial charge on any atom is -0.467 e. The van der Waals surface area contributed by atoms with E-state index in [0.717, 1.165) is 28.5 Å². The first-order valence-corrected chi connectivity index (χ1v) is 13.2. The molecule has 1 spiro atoms. The standard InChI is InChI=1S/C29H33N3O7/c1-36-27(34)24(16-21-17-30-23-11-6-5-10-22(21)23)31-26(33)25-12-13-29(38-14-7-15-39-29)19-32(25)28(35)37-18-20-8-3-2-4-9-20/h2-6,8-11,17,24-25,30H,7,12-16,18-19H2,1H3,(H,31,33)/t24?,25-/m0/s1. The van der Waals surface area contributed by atoms with E-state index in [9.17, 15) is 14.4 Å². The number of nitrogens with one attached hydrogen (secondary N) is 2. The number of nitrogens with zero attached hydrogens (tertiary/aromatic N) is 1. The number of rotatable bonds is 7. The van der Waals surface area contributed by atoms with E-state index in [0.29, 0.717) is 19.6 Å². The smallest absolute Gasteiger partial charge is 0.410 e. The Morgan fingerprint density at radius 1 is 1.10 bits per heavy atom. The maximum Gasteiger partial charge on any atom is 0.410 e. The first kappa shape index (κ1) is 26.7. The summed E-state index contributed by atoms with van der Waals surface area (Å²) in [6.45, 7) is 1.13. The summed E-state index contributed by atoms with van der Waals surface area (Å²) in [6, 6.07) is 15.2. The Morgan fingerprint density at radius 2 is 1.85 bits per heavy atom. The van der Waals surface area contributed by atoms with Gasteiger partial charge >= 0.3 is 12.1 Å². The van der Waals surface area contributed by atoms with E-state index in [2.05, 4.69) is 10.3 Å². The molecule has 3 aromatic rings. The van der Waals surface area contributed by atoms with Crippen LogP contribution in [0.3, 0.4) is 0 Å². The second kappa shape index (κ2) is 11.9. The fourth-order valence-electron chi connectivity index (χ4n) is 5.20. The third-order valence-electron chi connectivity index (χ3n) is 7.25. The second-order valence-electron chi connectivity index (χ2n) is 9.83. The van der Waals surface area contributed by atoms with Crippen LogP contribution in [0.2, 0.25) is 0 Å². The number of benzene rings is 2. The number of likely N-dealkylation sites (tertiary alicyclic amines) is 1. The predicted molar refractivity (Wildman–Crippen MR) is 142 cm³/mol. The van der Waals surface area contributed by atoms with Crippen LogP contribution in [-0.2, 0) is 41.6 Å². The highest BCUT2D eigenvalue weighted by Gasteiger charge is 2.48. The van der Waals surface area contributed by atoms with E-state index >= 15 is 0 Å². The number of piperidine rings is 1. The molecule has 3 heterocycles. The summed E-state index contributed by atoms with van der Waals surface area (Å²) in [4.78, 5) is 44.2. The van der Waals surface area contributed by atoms with E-state index in [1.165, 1.54) is 12.0 Å². The molecule has 2 aliphatic rings. The molecule has 2 N–H and O–H groups in total. The van der Waals surface area contributed by atoms with Crippen LogP contribution in [0, 0.1) is 0 Å². The Bertz CT molecular complexity index is 1300. The van der Waals surface area contributed by atoms with Crippen molar-refractivity contribution in [3.63, 3.8) is 0 Å². The minimum atomic E-state index is -0.980. The maximum atomic E-state index is 13.6. The Labute approximate surface area is 226 Å². The van der Waals surface area contributed by atoms with Gasteiger partial charge in [0, 0.05) is 29.9 Å². The SMILES string of the molecule is COC(=O)C(Cc1c[nH]c2ccccc12)NC(=O)[C@@H]1CCC2(CN1C(=O)OCc1ccccc1)OCCCO2. The fourth-order valence-corrected chi connectivity index (χ4v) is 5.20. The van der Waals surface area contributed by atoms with Gasteiger partial charge < -0.3 is 29.2 Å². The number of H-pyrrole nitrogens is 1. The molecule has 1 unspecified atom stereocenters. The normalized spacial score (nSPS) is 19.4. The fraction of sp³-hybridized carbons (Fsp3) is 0.414. The second-order valence-corrected chi connectivity index (χ2v) is 9.83. The minimum absolute atomic E-state index is 0.0457. The molecule has 0 aliphatic carbocycles. The molecule has 0 saturated carbocycles. The van der Waals surface area contributed by atoms with Gasteiger partial charge in [0.15, 0.2) is 5.79 Å². The molecule has 39 heavy (non-hydrogen) atoms. The zero-order valence-electron chi connectivity index (χ0n) is 21.9. The average Bonchev–Trinajstić information content (AvgIpc) is 3.38. The molecule has 2 amide bonds. The van der Waals surface area contributed by atoms with Crippen molar-refractivity contribution >= 4 is 28.9 Å². The quantitative estimate of drug-likeness (QED) is 0.446. The molecule has 1 aromatic heterocycles. The van der Waals surface area contributed by atoms with Gasteiger partial charge in [-0.3, -0.25) is 9.69 Å². The van der Waals surface area contributed by atoms with Crippen molar-refractivity contribution in [1.82, 2.24) is 15.2 Å². The van der Waals surface area contributed by atoms with Crippen molar-refractivity contribution in [3.8, 4) is 0 Å². The van der Waals surface area contributed by atoms with Crippen LogP contribution in [-0.4, -0.2) is 72.6 Å². The Kier molecular flexibility index (Phi) is 8.13. The summed E-state index contributed by atoms with van der Waals surface area (Å²) in [6.07, 6.45) is 2.87. The zero-order chi connectivity index (χ0) is 27.2. The molecular formula is C29H33N3O7. The average molecular weight is 536 g/mol. The summed E-state index contributed by atoms with van der Waals surface area (Å²) in [5, 5.41) is 3.79. The van der Waals surface area contributed by atoms with Crippen LogP contribution < -0.4 is 5.32 Å². The van der Waals surface area contributed by atoms with Crippen molar-refractivity contribution in [2.45, 2.75) is 50.2 Å². The summed E-state index contributed by atoms with van der Waals surface area (Å²) in [5.41, 5.74) is 2.63. The summed E-state index contributed by atoms with van der Waals surface area (Å²) < 4.78 is 22.5. The molecule has 2 aliphatic heterocycles. The van der Waals surface area contributed by atoms with Crippen molar-refractivity contribution in [3.05, 3.63) is 71.9 Å². The molecule has 10 nitrogen and oxygen atoms in total. The number of carbonyl (C=O) groups is 3. The highest BCUT2D eigenvalue weighted by Crippen LogP contribution is 2.33. The third-order valence-corrected chi connectivity index (χ3v) is 7.25. The lowest BCUT2D eigenvalue weighted by Gasteiger charge is -2.46. The number of carbonyl (C=O) groups excluding carboxylic acids is 3. The van der Waals surface area contributed by atoms with E-state index in [1.807, 2.05) is 60.8 Å². The van der Waals surface area contributed by atoms with Gasteiger partial charge in [-0.25, -0.2) is 9.59 Å². The molecule has 0 bridgehead atoms. The molecule has 5 rings (SSSR count). The molecule has 2 saturated heterocycles. The number of hydrogen-bond acceptors (Lipinski definition) is 7. The first-order valence-electron chi connectivity index (χ1n) is 13.2. The number of aromatic amines is 1. The lowest BCUT2D eigenvalue weighted by atomic mass is 9.95. The van der Waals surface area contributed by atoms with Crippen LogP contribution in [0.4, 0.5) is 4.79 Å². The van der Waals surface area contributed by atoms with Gasteiger partial charge in [-0.05, 0) is 30.0 Å². The maximum absolute atomic E-state index is 13.6. The third kappa shape index (κ3) is 6.07. The highest BCUT2D eigenvalue weighted by atomic mass is 16.7. The van der Waals surface area contributed by atoms with Crippen LogP contribution in [0.15, 0.2) is 60.8 Å². The highest BCUT2D eigenvalue weighted by molar-refractivity contribution is 5.91. The van der Waals surface area contributed by atoms with Gasteiger partial charge in [0.1, 0.15) is 18.7 Å². The van der Waals surface area contributed by atoms with Gasteiger partial charge in [-0.1, -0.05) is 48.5 Å². The Balaban J connectivity index is 1.33. The largest absolute Gasteiger partial charge is 0.467 e. The van der Waals surface area contributed by atoms with Gasteiger partial charge in [-0.15, -0.1) is 0 Å². The van der Waals surface area contributed by atoms with Gasteiger partial charge in [0.25, 0.3) is 0 Å². The van der Waals surface area contributed by atoms with Crippen molar-refractivity contribution in [2.75, 3.05) is 26.9 Å². The Morgan fingerprint density at radius 3 is 2.62 bits per heavy atom.